The number of aliphatic hydroxyl groups is 1. The molecule has 1 atom stereocenters. The monoisotopic (exact) mass is 383 g/mol. The second-order valence-electron chi connectivity index (χ2n) is 8.01. The van der Waals surface area contributed by atoms with E-state index in [2.05, 4.69) is 25.7 Å². The Labute approximate surface area is 168 Å². The molecule has 0 fully saturated rings. The van der Waals surface area contributed by atoms with E-state index in [0.29, 0.717) is 6.54 Å². The van der Waals surface area contributed by atoms with Crippen LogP contribution < -0.4 is 5.32 Å². The molecule has 0 heterocycles. The van der Waals surface area contributed by atoms with E-state index >= 15 is 0 Å². The van der Waals surface area contributed by atoms with Crippen molar-refractivity contribution in [3.8, 4) is 0 Å². The Morgan fingerprint density at radius 2 is 1.41 bits per heavy atom. The van der Waals surface area contributed by atoms with Crippen molar-refractivity contribution in [2.75, 3.05) is 19.8 Å². The lowest BCUT2D eigenvalue weighted by atomic mass is 10.0. The zero-order chi connectivity index (χ0) is 20.2. The molecule has 0 saturated heterocycles. The van der Waals surface area contributed by atoms with Crippen LogP contribution in [0, 0.1) is 5.92 Å². The molecule has 160 valence electrons. The number of hydrogen-bond donors (Lipinski definition) is 2. The molecule has 4 nitrogen and oxygen atoms in total. The van der Waals surface area contributed by atoms with E-state index in [9.17, 15) is 4.79 Å². The number of carbonyl (C=O) groups is 1. The van der Waals surface area contributed by atoms with Gasteiger partial charge in [-0.05, 0) is 12.3 Å². The van der Waals surface area contributed by atoms with Crippen LogP contribution in [0.3, 0.4) is 0 Å². The summed E-state index contributed by atoms with van der Waals surface area (Å²) < 4.78 is 5.20. The maximum Gasteiger partial charge on any atom is 0.251 e. The first kappa shape index (κ1) is 26.1. The molecule has 0 aliphatic heterocycles. The molecule has 4 heteroatoms. The number of ether oxygens (including phenoxy) is 1. The summed E-state index contributed by atoms with van der Waals surface area (Å²) in [5, 5.41) is 12.0. The highest BCUT2D eigenvalue weighted by molar-refractivity contribution is 5.80. The van der Waals surface area contributed by atoms with E-state index in [0.717, 1.165) is 18.8 Å². The van der Waals surface area contributed by atoms with Crippen molar-refractivity contribution in [3.63, 3.8) is 0 Å². The molecule has 0 saturated carbocycles. The van der Waals surface area contributed by atoms with Gasteiger partial charge in [-0.15, -0.1) is 6.58 Å². The van der Waals surface area contributed by atoms with Gasteiger partial charge >= 0.3 is 0 Å². The number of rotatable bonds is 20. The van der Waals surface area contributed by atoms with Gasteiger partial charge in [-0.2, -0.15) is 0 Å². The Morgan fingerprint density at radius 3 is 1.85 bits per heavy atom. The lowest BCUT2D eigenvalue weighted by Crippen LogP contribution is -2.39. The molecule has 0 aromatic heterocycles. The highest BCUT2D eigenvalue weighted by atomic mass is 16.5. The van der Waals surface area contributed by atoms with E-state index in [-0.39, 0.29) is 19.1 Å². The molecular formula is C23H45NO3. The summed E-state index contributed by atoms with van der Waals surface area (Å²) in [5.41, 5.74) is 0. The molecule has 0 rings (SSSR count). The van der Waals surface area contributed by atoms with Gasteiger partial charge in [0.25, 0.3) is 5.91 Å². The average Bonchev–Trinajstić information content (AvgIpc) is 2.65. The fraction of sp³-hybridized carbons (Fsp3) is 0.870. The Balaban J connectivity index is 3.29. The molecule has 0 unspecified atom stereocenters. The van der Waals surface area contributed by atoms with Crippen molar-refractivity contribution >= 4 is 5.91 Å². The lowest BCUT2D eigenvalue weighted by molar-refractivity contribution is -0.134. The maximum atomic E-state index is 11.8. The summed E-state index contributed by atoms with van der Waals surface area (Å²) in [6.07, 6.45) is 18.0. The topological polar surface area (TPSA) is 58.6 Å². The summed E-state index contributed by atoms with van der Waals surface area (Å²) in [6.45, 7) is 8.79. The standard InChI is InChI=1S/C23H45NO3/c1-4-19-27-22(20-25)23(26)24-18-16-14-12-10-8-6-5-7-9-11-13-15-17-21(2)3/h4,21-22,25H,1,5-20H2,2-3H3,(H,24,26)/t22-/m1/s1. The third-order valence-electron chi connectivity index (χ3n) is 4.88. The molecule has 0 aliphatic carbocycles. The van der Waals surface area contributed by atoms with Gasteiger partial charge in [0.1, 0.15) is 0 Å². The molecule has 0 aliphatic rings. The van der Waals surface area contributed by atoms with Gasteiger partial charge in [0, 0.05) is 6.54 Å². The largest absolute Gasteiger partial charge is 0.393 e. The van der Waals surface area contributed by atoms with Gasteiger partial charge in [-0.3, -0.25) is 4.79 Å². The summed E-state index contributed by atoms with van der Waals surface area (Å²) >= 11 is 0. The van der Waals surface area contributed by atoms with Crippen molar-refractivity contribution in [2.45, 2.75) is 103 Å². The van der Waals surface area contributed by atoms with Crippen LogP contribution in [0.25, 0.3) is 0 Å². The van der Waals surface area contributed by atoms with Crippen molar-refractivity contribution < 1.29 is 14.6 Å². The third-order valence-corrected chi connectivity index (χ3v) is 4.88. The summed E-state index contributed by atoms with van der Waals surface area (Å²) in [5.74, 6) is 0.624. The van der Waals surface area contributed by atoms with Crippen molar-refractivity contribution in [1.82, 2.24) is 5.32 Å². The van der Waals surface area contributed by atoms with Crippen LogP contribution in [0.2, 0.25) is 0 Å². The molecule has 2 N–H and O–H groups in total. The van der Waals surface area contributed by atoms with Gasteiger partial charge in [0.15, 0.2) is 6.10 Å². The average molecular weight is 384 g/mol. The van der Waals surface area contributed by atoms with E-state index in [4.69, 9.17) is 9.84 Å². The van der Waals surface area contributed by atoms with Gasteiger partial charge in [-0.1, -0.05) is 97.0 Å². The van der Waals surface area contributed by atoms with Crippen molar-refractivity contribution in [3.05, 3.63) is 12.7 Å². The normalized spacial score (nSPS) is 12.3. The number of hydrogen-bond acceptors (Lipinski definition) is 3. The van der Waals surface area contributed by atoms with E-state index < -0.39 is 6.10 Å². The van der Waals surface area contributed by atoms with E-state index in [1.807, 2.05) is 0 Å². The smallest absolute Gasteiger partial charge is 0.251 e. The predicted octanol–water partition coefficient (Wildman–Crippen LogP) is 5.39. The zero-order valence-electron chi connectivity index (χ0n) is 18.0. The minimum atomic E-state index is -0.779. The van der Waals surface area contributed by atoms with Gasteiger partial charge in [0.2, 0.25) is 0 Å². The van der Waals surface area contributed by atoms with Crippen LogP contribution in [0.4, 0.5) is 0 Å². The third kappa shape index (κ3) is 18.3. The van der Waals surface area contributed by atoms with Crippen LogP contribution in [0.1, 0.15) is 97.3 Å². The fourth-order valence-electron chi connectivity index (χ4n) is 3.17. The van der Waals surface area contributed by atoms with Crippen LogP contribution in [0.15, 0.2) is 12.7 Å². The summed E-state index contributed by atoms with van der Waals surface area (Å²) in [4.78, 5) is 11.8. The summed E-state index contributed by atoms with van der Waals surface area (Å²) in [7, 11) is 0. The van der Waals surface area contributed by atoms with Crippen LogP contribution in [-0.4, -0.2) is 36.9 Å². The minimum absolute atomic E-state index is 0.233. The summed E-state index contributed by atoms with van der Waals surface area (Å²) in [6, 6.07) is 0. The van der Waals surface area contributed by atoms with Gasteiger partial charge < -0.3 is 15.2 Å². The number of unbranched alkanes of at least 4 members (excludes halogenated alkanes) is 11. The molecule has 0 spiro atoms. The fourth-order valence-corrected chi connectivity index (χ4v) is 3.17. The van der Waals surface area contributed by atoms with Gasteiger partial charge in [-0.25, -0.2) is 0 Å². The second-order valence-corrected chi connectivity index (χ2v) is 8.01. The second kappa shape index (κ2) is 19.9. The first-order valence-corrected chi connectivity index (χ1v) is 11.2. The lowest BCUT2D eigenvalue weighted by Gasteiger charge is -2.14. The molecule has 0 radical (unpaired) electrons. The zero-order valence-corrected chi connectivity index (χ0v) is 18.0. The molecular weight excluding hydrogens is 338 g/mol. The predicted molar refractivity (Wildman–Crippen MR) is 115 cm³/mol. The minimum Gasteiger partial charge on any atom is -0.393 e. The Morgan fingerprint density at radius 1 is 0.926 bits per heavy atom. The molecule has 0 aromatic rings. The highest BCUT2D eigenvalue weighted by Crippen LogP contribution is 2.14. The van der Waals surface area contributed by atoms with E-state index in [1.165, 1.54) is 70.6 Å². The van der Waals surface area contributed by atoms with Gasteiger partial charge in [0.05, 0.1) is 13.2 Å². The first-order chi connectivity index (χ1) is 13.1. The maximum absolute atomic E-state index is 11.8. The van der Waals surface area contributed by atoms with Crippen molar-refractivity contribution in [2.24, 2.45) is 5.92 Å². The number of aliphatic hydroxyl groups excluding tert-OH is 1. The highest BCUT2D eigenvalue weighted by Gasteiger charge is 2.16. The van der Waals surface area contributed by atoms with Crippen LogP contribution in [-0.2, 0) is 9.53 Å². The molecule has 27 heavy (non-hydrogen) atoms. The quantitative estimate of drug-likeness (QED) is 0.219. The molecule has 0 aromatic carbocycles. The number of amides is 1. The Hall–Kier alpha value is -0.870. The van der Waals surface area contributed by atoms with Crippen molar-refractivity contribution in [1.29, 1.82) is 0 Å². The van der Waals surface area contributed by atoms with Crippen LogP contribution >= 0.6 is 0 Å². The number of carbonyl (C=O) groups excluding carboxylic acids is 1. The first-order valence-electron chi connectivity index (χ1n) is 11.2. The molecule has 1 amide bonds. The van der Waals surface area contributed by atoms with E-state index in [1.54, 1.807) is 6.08 Å². The SMILES string of the molecule is C=CCO[C@H](CO)C(=O)NCCCCCCCCCCCCCCC(C)C. The molecule has 0 bridgehead atoms. The van der Waals surface area contributed by atoms with Crippen LogP contribution in [0.5, 0.6) is 0 Å². The Kier molecular flexibility index (Phi) is 19.2. The number of nitrogens with one attached hydrogen (secondary N) is 1. The Bertz CT molecular complexity index is 345.